The van der Waals surface area contributed by atoms with Gasteiger partial charge in [0.25, 0.3) is 5.91 Å². The van der Waals surface area contributed by atoms with Crippen molar-refractivity contribution < 1.29 is 22.7 Å². The molecular weight excluding hydrogens is 382 g/mol. The third kappa shape index (κ3) is 4.86. The maximum atomic E-state index is 12.6. The van der Waals surface area contributed by atoms with Crippen LogP contribution in [-0.4, -0.2) is 51.5 Å². The lowest BCUT2D eigenvalue weighted by molar-refractivity contribution is -0.118. The minimum Gasteiger partial charge on any atom is -0.484 e. The van der Waals surface area contributed by atoms with Crippen molar-refractivity contribution in [2.75, 3.05) is 38.2 Å². The second-order valence-electron chi connectivity index (χ2n) is 6.01. The zero-order valence-corrected chi connectivity index (χ0v) is 15.8. The number of rotatable bonds is 6. The molecule has 8 nitrogen and oxygen atoms in total. The number of sulfonamides is 1. The monoisotopic (exact) mass is 401 g/mol. The van der Waals surface area contributed by atoms with Crippen LogP contribution in [0.15, 0.2) is 53.4 Å². The molecule has 0 radical (unpaired) electrons. The molecule has 3 rings (SSSR count). The van der Waals surface area contributed by atoms with Crippen LogP contribution < -0.4 is 10.1 Å². The van der Waals surface area contributed by atoms with E-state index >= 15 is 0 Å². The highest BCUT2D eigenvalue weighted by molar-refractivity contribution is 7.89. The van der Waals surface area contributed by atoms with E-state index in [2.05, 4.69) is 5.32 Å². The fraction of sp³-hybridized carbons (Fsp3) is 0.263. The van der Waals surface area contributed by atoms with Crippen molar-refractivity contribution in [3.8, 4) is 11.8 Å². The fourth-order valence-electron chi connectivity index (χ4n) is 2.62. The summed E-state index contributed by atoms with van der Waals surface area (Å²) < 4.78 is 37.1. The van der Waals surface area contributed by atoms with E-state index in [1.165, 1.54) is 28.6 Å². The topological polar surface area (TPSA) is 109 Å². The molecule has 0 atom stereocenters. The number of benzene rings is 2. The predicted molar refractivity (Wildman–Crippen MR) is 101 cm³/mol. The number of nitrogens with one attached hydrogen (secondary N) is 1. The first-order chi connectivity index (χ1) is 13.5. The van der Waals surface area contributed by atoms with Gasteiger partial charge in [0.1, 0.15) is 5.75 Å². The molecular formula is C19H19N3O5S. The molecule has 0 saturated carbocycles. The van der Waals surface area contributed by atoms with Crippen molar-refractivity contribution in [2.24, 2.45) is 0 Å². The second-order valence-corrected chi connectivity index (χ2v) is 7.95. The Labute approximate surface area is 163 Å². The van der Waals surface area contributed by atoms with Crippen LogP contribution in [0.4, 0.5) is 5.69 Å². The smallest absolute Gasteiger partial charge is 0.262 e. The van der Waals surface area contributed by atoms with Crippen molar-refractivity contribution in [3.05, 3.63) is 54.1 Å². The third-order valence-corrected chi connectivity index (χ3v) is 6.01. The highest BCUT2D eigenvalue weighted by Crippen LogP contribution is 2.20. The van der Waals surface area contributed by atoms with E-state index < -0.39 is 10.0 Å². The van der Waals surface area contributed by atoms with Gasteiger partial charge in [-0.25, -0.2) is 8.42 Å². The Morgan fingerprint density at radius 3 is 2.36 bits per heavy atom. The number of nitriles is 1. The molecule has 1 fully saturated rings. The lowest BCUT2D eigenvalue weighted by atomic mass is 10.2. The third-order valence-electron chi connectivity index (χ3n) is 4.10. The van der Waals surface area contributed by atoms with Gasteiger partial charge in [0.05, 0.1) is 29.7 Å². The normalized spacial score (nSPS) is 14.8. The van der Waals surface area contributed by atoms with Crippen molar-refractivity contribution in [2.45, 2.75) is 4.90 Å². The first kappa shape index (κ1) is 19.8. The summed E-state index contributed by atoms with van der Waals surface area (Å²) in [6.07, 6.45) is 0. The van der Waals surface area contributed by atoms with E-state index in [-0.39, 0.29) is 17.4 Å². The molecule has 0 aromatic heterocycles. The molecule has 1 amide bonds. The van der Waals surface area contributed by atoms with Crippen molar-refractivity contribution in [3.63, 3.8) is 0 Å². The minimum atomic E-state index is -3.56. The average Bonchev–Trinajstić information content (AvgIpc) is 2.74. The van der Waals surface area contributed by atoms with Gasteiger partial charge in [-0.1, -0.05) is 0 Å². The van der Waals surface area contributed by atoms with Gasteiger partial charge in [-0.15, -0.1) is 0 Å². The Balaban J connectivity index is 1.55. The van der Waals surface area contributed by atoms with Gasteiger partial charge in [-0.2, -0.15) is 9.57 Å². The molecule has 0 aliphatic carbocycles. The average molecular weight is 401 g/mol. The second kappa shape index (κ2) is 8.84. The quantitative estimate of drug-likeness (QED) is 0.787. The van der Waals surface area contributed by atoms with Crippen LogP contribution in [0, 0.1) is 11.3 Å². The summed E-state index contributed by atoms with van der Waals surface area (Å²) in [5, 5.41) is 11.4. The molecule has 0 unspecified atom stereocenters. The number of carbonyl (C=O) groups is 1. The highest BCUT2D eigenvalue weighted by atomic mass is 32.2. The van der Waals surface area contributed by atoms with Crippen molar-refractivity contribution in [1.82, 2.24) is 4.31 Å². The van der Waals surface area contributed by atoms with Crippen molar-refractivity contribution in [1.29, 1.82) is 5.26 Å². The Hall–Kier alpha value is -2.93. The maximum Gasteiger partial charge on any atom is 0.262 e. The largest absolute Gasteiger partial charge is 0.484 e. The summed E-state index contributed by atoms with van der Waals surface area (Å²) in [5.41, 5.74) is 1.06. The lowest BCUT2D eigenvalue weighted by Gasteiger charge is -2.26. The summed E-state index contributed by atoms with van der Waals surface area (Å²) in [4.78, 5) is 12.1. The Morgan fingerprint density at radius 1 is 1.11 bits per heavy atom. The fourth-order valence-corrected chi connectivity index (χ4v) is 4.03. The van der Waals surface area contributed by atoms with Crippen LogP contribution >= 0.6 is 0 Å². The molecule has 28 heavy (non-hydrogen) atoms. The summed E-state index contributed by atoms with van der Waals surface area (Å²) in [7, 11) is -3.56. The van der Waals surface area contributed by atoms with Crippen LogP contribution in [0.2, 0.25) is 0 Å². The Bertz CT molecular complexity index is 960. The van der Waals surface area contributed by atoms with Gasteiger partial charge in [-0.05, 0) is 48.5 Å². The number of hydrogen-bond donors (Lipinski definition) is 1. The van der Waals surface area contributed by atoms with Crippen molar-refractivity contribution >= 4 is 21.6 Å². The predicted octanol–water partition coefficient (Wildman–Crippen LogP) is 1.60. The van der Waals surface area contributed by atoms with E-state index in [0.717, 1.165) is 0 Å². The number of ether oxygens (including phenoxy) is 2. The molecule has 0 bridgehead atoms. The summed E-state index contributed by atoms with van der Waals surface area (Å²) in [5.74, 6) is 0.0191. The lowest BCUT2D eigenvalue weighted by Crippen LogP contribution is -2.40. The van der Waals surface area contributed by atoms with Crippen LogP contribution in [0.25, 0.3) is 0 Å². The van der Waals surface area contributed by atoms with E-state index in [4.69, 9.17) is 14.7 Å². The number of anilines is 1. The number of morpholine rings is 1. The number of hydrogen-bond acceptors (Lipinski definition) is 6. The SMILES string of the molecule is N#Cc1ccc(NC(=O)COc2ccc(S(=O)(=O)N3CCOCC3)cc2)cc1. The highest BCUT2D eigenvalue weighted by Gasteiger charge is 2.26. The van der Waals surface area contributed by atoms with Gasteiger partial charge in [0, 0.05) is 18.8 Å². The Morgan fingerprint density at radius 2 is 1.75 bits per heavy atom. The van der Waals surface area contributed by atoms with Crippen LogP contribution in [-0.2, 0) is 19.6 Å². The number of amides is 1. The van der Waals surface area contributed by atoms with Gasteiger partial charge in [0.15, 0.2) is 6.61 Å². The molecule has 146 valence electrons. The zero-order valence-electron chi connectivity index (χ0n) is 15.0. The number of nitrogens with zero attached hydrogens (tertiary/aromatic N) is 2. The van der Waals surface area contributed by atoms with Crippen LogP contribution in [0.5, 0.6) is 5.75 Å². The molecule has 2 aromatic rings. The Kier molecular flexibility index (Phi) is 6.26. The summed E-state index contributed by atoms with van der Waals surface area (Å²) >= 11 is 0. The van der Waals surface area contributed by atoms with Gasteiger partial charge in [0.2, 0.25) is 10.0 Å². The molecule has 0 spiro atoms. The number of carbonyl (C=O) groups excluding carboxylic acids is 1. The summed E-state index contributed by atoms with van der Waals surface area (Å²) in [6, 6.07) is 14.4. The van der Waals surface area contributed by atoms with Gasteiger partial charge in [-0.3, -0.25) is 4.79 Å². The van der Waals surface area contributed by atoms with E-state index in [1.807, 2.05) is 6.07 Å². The maximum absolute atomic E-state index is 12.6. The first-order valence-electron chi connectivity index (χ1n) is 8.60. The van der Waals surface area contributed by atoms with Gasteiger partial charge < -0.3 is 14.8 Å². The van der Waals surface area contributed by atoms with Crippen LogP contribution in [0.3, 0.4) is 0 Å². The molecule has 2 aromatic carbocycles. The zero-order chi connectivity index (χ0) is 20.0. The molecule has 1 aliphatic rings. The molecule has 1 heterocycles. The van der Waals surface area contributed by atoms with E-state index in [1.54, 1.807) is 24.3 Å². The minimum absolute atomic E-state index is 0.170. The molecule has 1 saturated heterocycles. The first-order valence-corrected chi connectivity index (χ1v) is 10.0. The van der Waals surface area contributed by atoms with E-state index in [9.17, 15) is 13.2 Å². The van der Waals surface area contributed by atoms with E-state index in [0.29, 0.717) is 43.3 Å². The summed E-state index contributed by atoms with van der Waals surface area (Å²) in [6.45, 7) is 1.20. The van der Waals surface area contributed by atoms with Gasteiger partial charge >= 0.3 is 0 Å². The standard InChI is InChI=1S/C19H19N3O5S/c20-13-15-1-3-16(4-2-15)21-19(23)14-27-17-5-7-18(8-6-17)28(24,25)22-9-11-26-12-10-22/h1-8H,9-12,14H2,(H,21,23). The molecule has 1 aliphatic heterocycles. The molecule has 1 N–H and O–H groups in total. The van der Waals surface area contributed by atoms with Crippen LogP contribution in [0.1, 0.15) is 5.56 Å². The molecule has 9 heteroatoms.